The summed E-state index contributed by atoms with van der Waals surface area (Å²) >= 11 is 8.63. The molecule has 0 spiro atoms. The van der Waals surface area contributed by atoms with Gasteiger partial charge < -0.3 is 9.47 Å². The average Bonchev–Trinajstić information content (AvgIpc) is 3.38. The van der Waals surface area contributed by atoms with Crippen LogP contribution in [0.15, 0.2) is 41.0 Å². The second-order valence-corrected chi connectivity index (χ2v) is 8.46. The van der Waals surface area contributed by atoms with Crippen LogP contribution in [0, 0.1) is 0 Å². The Bertz CT molecular complexity index is 1240. The van der Waals surface area contributed by atoms with Gasteiger partial charge in [0.2, 0.25) is 0 Å². The van der Waals surface area contributed by atoms with Crippen LogP contribution in [0.2, 0.25) is 5.02 Å². The minimum Gasteiger partial charge on any atom is -0.493 e. The van der Waals surface area contributed by atoms with Crippen LogP contribution in [0.1, 0.15) is 11.3 Å². The lowest BCUT2D eigenvalue weighted by Crippen LogP contribution is -2.07. The third-order valence-electron chi connectivity index (χ3n) is 4.29. The Morgan fingerprint density at radius 1 is 1.13 bits per heavy atom. The number of thioether (sulfide) groups is 1. The Balaban J connectivity index is 1.55. The second-order valence-electron chi connectivity index (χ2n) is 6.25. The number of benzene rings is 1. The molecule has 4 rings (SSSR count). The molecule has 0 atom stereocenters. The van der Waals surface area contributed by atoms with Crippen molar-refractivity contribution < 1.29 is 22.6 Å². The van der Waals surface area contributed by atoms with Crippen molar-refractivity contribution in [1.82, 2.24) is 19.6 Å². The van der Waals surface area contributed by atoms with Crippen LogP contribution in [0.4, 0.5) is 13.2 Å². The van der Waals surface area contributed by atoms with Gasteiger partial charge in [-0.25, -0.2) is 4.98 Å². The molecule has 0 N–H and O–H groups in total. The fourth-order valence-electron chi connectivity index (χ4n) is 2.80. The lowest BCUT2D eigenvalue weighted by atomic mass is 10.2. The summed E-state index contributed by atoms with van der Waals surface area (Å²) in [5.41, 5.74) is 0.931. The largest absolute Gasteiger partial charge is 0.493 e. The first-order chi connectivity index (χ1) is 14.8. The number of hydrogen-bond acceptors (Lipinski definition) is 7. The third-order valence-corrected chi connectivity index (χ3v) is 6.48. The first kappa shape index (κ1) is 21.7. The van der Waals surface area contributed by atoms with Gasteiger partial charge in [0.1, 0.15) is 5.01 Å². The van der Waals surface area contributed by atoms with Gasteiger partial charge in [-0.15, -0.1) is 21.5 Å². The lowest BCUT2D eigenvalue weighted by molar-refractivity contribution is -0.137. The van der Waals surface area contributed by atoms with Gasteiger partial charge in [-0.2, -0.15) is 13.2 Å². The summed E-state index contributed by atoms with van der Waals surface area (Å²) in [5, 5.41) is 10.7. The highest BCUT2D eigenvalue weighted by atomic mass is 35.5. The third kappa shape index (κ3) is 4.43. The van der Waals surface area contributed by atoms with Crippen molar-refractivity contribution in [3.05, 3.63) is 52.1 Å². The van der Waals surface area contributed by atoms with E-state index in [0.29, 0.717) is 22.4 Å². The lowest BCUT2D eigenvalue weighted by Gasteiger charge is -2.08. The molecule has 0 radical (unpaired) electrons. The van der Waals surface area contributed by atoms with Crippen molar-refractivity contribution in [2.24, 2.45) is 0 Å². The zero-order valence-corrected chi connectivity index (χ0v) is 18.5. The quantitative estimate of drug-likeness (QED) is 0.319. The van der Waals surface area contributed by atoms with Crippen LogP contribution in [-0.2, 0) is 11.9 Å². The van der Waals surface area contributed by atoms with E-state index in [-0.39, 0.29) is 10.7 Å². The molecule has 0 aliphatic heterocycles. The number of rotatable bonds is 6. The van der Waals surface area contributed by atoms with Gasteiger partial charge in [-0.3, -0.25) is 4.40 Å². The van der Waals surface area contributed by atoms with Crippen LogP contribution in [0.25, 0.3) is 16.2 Å². The Kier molecular flexibility index (Phi) is 6.00. The van der Waals surface area contributed by atoms with Crippen LogP contribution >= 0.6 is 34.7 Å². The maximum absolute atomic E-state index is 13.1. The first-order valence-corrected chi connectivity index (χ1v) is 11.0. The molecule has 162 valence electrons. The molecule has 0 saturated heterocycles. The van der Waals surface area contributed by atoms with E-state index in [0.717, 1.165) is 28.5 Å². The van der Waals surface area contributed by atoms with Crippen molar-refractivity contribution >= 4 is 40.3 Å². The number of thiazole rings is 1. The number of alkyl halides is 3. The Hall–Kier alpha value is -2.50. The summed E-state index contributed by atoms with van der Waals surface area (Å²) in [6, 6.07) is 6.36. The summed E-state index contributed by atoms with van der Waals surface area (Å²) in [6.07, 6.45) is -3.58. The Morgan fingerprint density at radius 2 is 1.90 bits per heavy atom. The molecule has 0 unspecified atom stereocenters. The molecule has 3 aromatic heterocycles. The number of nitrogens with zero attached hydrogens (tertiary/aromatic N) is 4. The summed E-state index contributed by atoms with van der Waals surface area (Å²) in [6.45, 7) is 0. The fourth-order valence-corrected chi connectivity index (χ4v) is 4.77. The fraction of sp³-hybridized carbons (Fsp3) is 0.211. The molecule has 0 bridgehead atoms. The second kappa shape index (κ2) is 8.56. The first-order valence-electron chi connectivity index (χ1n) is 8.71. The highest BCUT2D eigenvalue weighted by Crippen LogP contribution is 2.36. The van der Waals surface area contributed by atoms with E-state index >= 15 is 0 Å². The van der Waals surface area contributed by atoms with Gasteiger partial charge >= 0.3 is 6.18 Å². The molecule has 1 aromatic carbocycles. The molecular weight excluding hydrogens is 473 g/mol. The van der Waals surface area contributed by atoms with Gasteiger partial charge in [0.05, 0.1) is 30.5 Å². The predicted molar refractivity (Wildman–Crippen MR) is 113 cm³/mol. The zero-order valence-electron chi connectivity index (χ0n) is 16.1. The smallest absolute Gasteiger partial charge is 0.417 e. The van der Waals surface area contributed by atoms with E-state index in [4.69, 9.17) is 21.1 Å². The van der Waals surface area contributed by atoms with Crippen molar-refractivity contribution in [2.75, 3.05) is 14.2 Å². The normalized spacial score (nSPS) is 11.8. The molecule has 0 aliphatic carbocycles. The highest BCUT2D eigenvalue weighted by molar-refractivity contribution is 7.98. The molecule has 12 heteroatoms. The van der Waals surface area contributed by atoms with Gasteiger partial charge in [0, 0.05) is 22.9 Å². The van der Waals surface area contributed by atoms with Crippen LogP contribution in [0.3, 0.4) is 0 Å². The van der Waals surface area contributed by atoms with Crippen LogP contribution < -0.4 is 9.47 Å². The SMILES string of the molecule is COc1ccc(-c2nc(CSc3nnc4c(Cl)cc(C(F)(F)F)cn34)cs2)cc1OC. The predicted octanol–water partition coefficient (Wildman–Crippen LogP) is 5.83. The Morgan fingerprint density at radius 3 is 2.61 bits per heavy atom. The van der Waals surface area contributed by atoms with Crippen LogP contribution in [-0.4, -0.2) is 33.8 Å². The minimum atomic E-state index is -4.52. The van der Waals surface area contributed by atoms with Crippen molar-refractivity contribution in [3.8, 4) is 22.1 Å². The summed E-state index contributed by atoms with van der Waals surface area (Å²) in [4.78, 5) is 4.60. The number of ether oxygens (including phenoxy) is 2. The molecular formula is C19H14ClF3N4O2S2. The molecule has 31 heavy (non-hydrogen) atoms. The molecule has 4 aromatic rings. The topological polar surface area (TPSA) is 61.5 Å². The number of pyridine rings is 1. The maximum Gasteiger partial charge on any atom is 0.417 e. The number of halogens is 4. The monoisotopic (exact) mass is 486 g/mol. The average molecular weight is 487 g/mol. The van der Waals surface area contributed by atoms with E-state index < -0.39 is 11.7 Å². The maximum atomic E-state index is 13.1. The van der Waals surface area contributed by atoms with E-state index in [1.807, 2.05) is 17.5 Å². The summed E-state index contributed by atoms with van der Waals surface area (Å²) < 4.78 is 51.1. The van der Waals surface area contributed by atoms with E-state index in [2.05, 4.69) is 15.2 Å². The van der Waals surface area contributed by atoms with Gasteiger partial charge in [-0.05, 0) is 24.3 Å². The number of fused-ring (bicyclic) bond motifs is 1. The molecule has 0 amide bonds. The number of methoxy groups -OCH3 is 2. The standard InChI is InChI=1S/C19H14ClF3N4O2S2/c1-28-14-4-3-10(5-15(14)29-2)17-24-12(8-30-17)9-31-18-26-25-16-13(20)6-11(7-27(16)18)19(21,22)23/h3-8H,9H2,1-2H3. The molecule has 0 saturated carbocycles. The van der Waals surface area contributed by atoms with E-state index in [9.17, 15) is 13.2 Å². The van der Waals surface area contributed by atoms with Gasteiger partial charge in [0.15, 0.2) is 22.3 Å². The van der Waals surface area contributed by atoms with Crippen molar-refractivity contribution in [2.45, 2.75) is 17.1 Å². The van der Waals surface area contributed by atoms with Crippen molar-refractivity contribution in [3.63, 3.8) is 0 Å². The molecule has 0 fully saturated rings. The summed E-state index contributed by atoms with van der Waals surface area (Å²) in [5.74, 6) is 1.62. The summed E-state index contributed by atoms with van der Waals surface area (Å²) in [7, 11) is 3.13. The number of hydrogen-bond donors (Lipinski definition) is 0. The van der Waals surface area contributed by atoms with Gasteiger partial charge in [0.25, 0.3) is 0 Å². The molecule has 0 aliphatic rings. The zero-order chi connectivity index (χ0) is 22.2. The van der Waals surface area contributed by atoms with E-state index in [1.54, 1.807) is 20.3 Å². The van der Waals surface area contributed by atoms with Gasteiger partial charge in [-0.1, -0.05) is 23.4 Å². The van der Waals surface area contributed by atoms with Crippen LogP contribution in [0.5, 0.6) is 11.5 Å². The number of aromatic nitrogens is 4. The highest BCUT2D eigenvalue weighted by Gasteiger charge is 2.32. The minimum absolute atomic E-state index is 0.112. The van der Waals surface area contributed by atoms with Crippen molar-refractivity contribution in [1.29, 1.82) is 0 Å². The molecule has 3 heterocycles. The van der Waals surface area contributed by atoms with E-state index in [1.165, 1.54) is 27.5 Å². The molecule has 6 nitrogen and oxygen atoms in total. The Labute approximate surface area is 188 Å².